The molecule has 0 saturated heterocycles. The average Bonchev–Trinajstić information content (AvgIpc) is 2.86. The van der Waals surface area contributed by atoms with Gasteiger partial charge in [0.1, 0.15) is 5.84 Å². The largest absolute Gasteiger partial charge is 0.580 e. The number of carbonyl (C=O) groups is 1. The van der Waals surface area contributed by atoms with Crippen molar-refractivity contribution in [2.75, 3.05) is 7.05 Å². The van der Waals surface area contributed by atoms with E-state index in [2.05, 4.69) is 59.6 Å². The van der Waals surface area contributed by atoms with Gasteiger partial charge in [-0.1, -0.05) is 84.9 Å². The Labute approximate surface area is 206 Å². The highest BCUT2D eigenvalue weighted by Gasteiger charge is 2.29. The van der Waals surface area contributed by atoms with E-state index in [1.54, 1.807) is 18.9 Å². The molecule has 0 unspecified atom stereocenters. The third-order valence-electron chi connectivity index (χ3n) is 6.38. The molecule has 4 aromatic carbocycles. The molecule has 3 N–H and O–H groups in total. The zero-order chi connectivity index (χ0) is 24.8. The molecule has 1 amide bonds. The van der Waals surface area contributed by atoms with Crippen LogP contribution >= 0.6 is 0 Å². The summed E-state index contributed by atoms with van der Waals surface area (Å²) in [7, 11) is 1.74. The van der Waals surface area contributed by atoms with Gasteiger partial charge in [-0.3, -0.25) is 10.2 Å². The highest BCUT2D eigenvalue weighted by molar-refractivity contribution is 5.95. The lowest BCUT2D eigenvalue weighted by atomic mass is 10.00. The highest BCUT2D eigenvalue weighted by Crippen LogP contribution is 2.20. The molecule has 0 heterocycles. The van der Waals surface area contributed by atoms with Gasteiger partial charge >= 0.3 is 5.90 Å². The maximum Gasteiger partial charge on any atom is 0.356 e. The number of hydrogen-bond acceptors (Lipinski definition) is 2. The number of carbonyl (C=O) groups excluding carboxylic acids is 1. The molecular weight excluding hydrogens is 434 g/mol. The fraction of sp³-hybridized carbons (Fsp3) is 0.233. The van der Waals surface area contributed by atoms with Crippen LogP contribution < -0.4 is 0 Å². The number of hydrogen-bond donors (Lipinski definition) is 1. The van der Waals surface area contributed by atoms with E-state index in [4.69, 9.17) is 10.5 Å². The monoisotopic (exact) mass is 466 g/mol. The molecular formula is C30H32N3O2+. The summed E-state index contributed by atoms with van der Waals surface area (Å²) >= 11 is 0. The van der Waals surface area contributed by atoms with Gasteiger partial charge in [0.2, 0.25) is 5.91 Å². The second-order valence-corrected chi connectivity index (χ2v) is 9.02. The van der Waals surface area contributed by atoms with Gasteiger partial charge in [0.05, 0.1) is 0 Å². The molecule has 5 nitrogen and oxygen atoms in total. The molecule has 178 valence electrons. The Balaban J connectivity index is 1.45. The Bertz CT molecular complexity index is 1390. The number of amidine groups is 1. The van der Waals surface area contributed by atoms with Crippen molar-refractivity contribution in [3.05, 3.63) is 96.1 Å². The molecule has 5 heteroatoms. The van der Waals surface area contributed by atoms with E-state index in [9.17, 15) is 4.79 Å². The Hall–Kier alpha value is -3.99. The molecule has 1 atom stereocenters. The number of aryl methyl sites for hydroxylation is 1. The van der Waals surface area contributed by atoms with E-state index in [1.165, 1.54) is 16.3 Å². The van der Waals surface area contributed by atoms with Crippen molar-refractivity contribution < 1.29 is 9.90 Å². The maximum absolute atomic E-state index is 13.1. The van der Waals surface area contributed by atoms with Crippen LogP contribution in [0.1, 0.15) is 30.9 Å². The predicted molar refractivity (Wildman–Crippen MR) is 146 cm³/mol. The highest BCUT2D eigenvalue weighted by atomic mass is 16.3. The molecule has 0 radical (unpaired) electrons. The first-order chi connectivity index (χ1) is 16.9. The van der Waals surface area contributed by atoms with Crippen molar-refractivity contribution in [3.63, 3.8) is 0 Å². The first-order valence-electron chi connectivity index (χ1n) is 12.0. The second-order valence-electron chi connectivity index (χ2n) is 9.02. The zero-order valence-corrected chi connectivity index (χ0v) is 20.3. The zero-order valence-electron chi connectivity index (χ0n) is 20.3. The molecule has 0 fully saturated rings. The van der Waals surface area contributed by atoms with E-state index < -0.39 is 6.04 Å². The number of nitrogens with zero attached hydrogens (tertiary/aromatic N) is 2. The van der Waals surface area contributed by atoms with E-state index in [-0.39, 0.29) is 17.6 Å². The molecule has 4 aromatic rings. The molecule has 0 bridgehead atoms. The quantitative estimate of drug-likeness (QED) is 0.208. The molecule has 0 saturated carbocycles. The van der Waals surface area contributed by atoms with Crippen LogP contribution in [0, 0.1) is 5.41 Å². The molecule has 0 aliphatic rings. The number of rotatable bonds is 8. The third kappa shape index (κ3) is 6.12. The standard InChI is InChI=1S/C30H31N3O2/c1-21(31)32-30(35)28(20-23-15-17-25-10-4-6-12-27(25)19-23)33(2)29(34)13-7-8-22-14-16-24-9-3-5-11-26(24)18-22/h3-6,9-12,14-19,28H,7-8,13,20H2,1-2H3,(H2,31,32,35)/p+1/t28-/m1/s1. The van der Waals surface area contributed by atoms with Gasteiger partial charge in [0.15, 0.2) is 6.04 Å². The lowest BCUT2D eigenvalue weighted by Gasteiger charge is -2.25. The number of fused-ring (bicyclic) bond motifs is 2. The van der Waals surface area contributed by atoms with Crippen LogP contribution in [0.15, 0.2) is 89.9 Å². The lowest BCUT2D eigenvalue weighted by Crippen LogP contribution is -2.44. The summed E-state index contributed by atoms with van der Waals surface area (Å²) in [5, 5.41) is 20.9. The van der Waals surface area contributed by atoms with E-state index in [0.717, 1.165) is 29.2 Å². The minimum absolute atomic E-state index is 0.0147. The smallest absolute Gasteiger partial charge is 0.356 e. The topological polar surface area (TPSA) is 79.4 Å². The third-order valence-corrected chi connectivity index (χ3v) is 6.38. The number of amides is 1. The summed E-state index contributed by atoms with van der Waals surface area (Å²) in [6.07, 6.45) is 2.43. The summed E-state index contributed by atoms with van der Waals surface area (Å²) < 4.78 is 0. The summed E-state index contributed by atoms with van der Waals surface area (Å²) in [5.74, 6) is 0.0888. The average molecular weight is 467 g/mol. The number of likely N-dealkylation sites (N-methyl/N-ethyl adjacent to an activating group) is 1. The minimum atomic E-state index is -0.523. The first-order valence-corrected chi connectivity index (χ1v) is 12.0. The second kappa shape index (κ2) is 11.0. The molecule has 0 aliphatic heterocycles. The molecule has 4 rings (SSSR count). The van der Waals surface area contributed by atoms with Gasteiger partial charge in [-0.25, -0.2) is 0 Å². The Morgan fingerprint density at radius 3 is 2.03 bits per heavy atom. The number of benzene rings is 4. The Kier molecular flexibility index (Phi) is 7.56. The fourth-order valence-electron chi connectivity index (χ4n) is 4.45. The van der Waals surface area contributed by atoms with Gasteiger partial charge in [-0.2, -0.15) is 4.99 Å². The Morgan fingerprint density at radius 1 is 0.886 bits per heavy atom. The molecule has 0 aromatic heterocycles. The van der Waals surface area contributed by atoms with Crippen LogP contribution in [0.25, 0.3) is 21.5 Å². The van der Waals surface area contributed by atoms with Gasteiger partial charge in [0, 0.05) is 19.9 Å². The predicted octanol–water partition coefficient (Wildman–Crippen LogP) is 5.51. The Morgan fingerprint density at radius 2 is 1.43 bits per heavy atom. The molecule has 0 spiro atoms. The van der Waals surface area contributed by atoms with Crippen molar-refractivity contribution >= 4 is 39.2 Å². The van der Waals surface area contributed by atoms with Crippen LogP contribution in [0.2, 0.25) is 0 Å². The normalized spacial score (nSPS) is 12.6. The SMILES string of the molecule is CC(=N)N=C([OH2+])[C@@H](Cc1ccc2ccccc2c1)N(C)C(=O)CCCc1ccc2ccccc2c1. The van der Waals surface area contributed by atoms with Crippen molar-refractivity contribution in [3.8, 4) is 0 Å². The summed E-state index contributed by atoms with van der Waals surface area (Å²) in [6, 6.07) is 28.5. The molecule has 35 heavy (non-hydrogen) atoms. The van der Waals surface area contributed by atoms with Gasteiger partial charge < -0.3 is 10.0 Å². The van der Waals surface area contributed by atoms with Crippen LogP contribution in [0.5, 0.6) is 0 Å². The van der Waals surface area contributed by atoms with Gasteiger partial charge in [0.25, 0.3) is 0 Å². The van der Waals surface area contributed by atoms with Crippen LogP contribution in [-0.4, -0.2) is 40.7 Å². The van der Waals surface area contributed by atoms with Crippen molar-refractivity contribution in [2.24, 2.45) is 4.99 Å². The summed E-state index contributed by atoms with van der Waals surface area (Å²) in [4.78, 5) is 18.8. The van der Waals surface area contributed by atoms with Crippen molar-refractivity contribution in [1.29, 1.82) is 5.41 Å². The maximum atomic E-state index is 13.1. The van der Waals surface area contributed by atoms with E-state index >= 15 is 0 Å². The van der Waals surface area contributed by atoms with Crippen LogP contribution in [0.4, 0.5) is 0 Å². The van der Waals surface area contributed by atoms with Crippen molar-refractivity contribution in [1.82, 2.24) is 4.90 Å². The number of nitrogens with one attached hydrogen (secondary N) is 1. The number of aliphatic imine (C=N–C) groups is 1. The first kappa shape index (κ1) is 24.1. The van der Waals surface area contributed by atoms with E-state index in [0.29, 0.717) is 12.8 Å². The van der Waals surface area contributed by atoms with Gasteiger partial charge in [-0.15, -0.1) is 0 Å². The lowest BCUT2D eigenvalue weighted by molar-refractivity contribution is -0.131. The van der Waals surface area contributed by atoms with Gasteiger partial charge in [-0.05, 0) is 52.4 Å². The van der Waals surface area contributed by atoms with E-state index in [1.807, 2.05) is 30.3 Å². The van der Waals surface area contributed by atoms with Crippen LogP contribution in [0.3, 0.4) is 0 Å². The fourth-order valence-corrected chi connectivity index (χ4v) is 4.45. The van der Waals surface area contributed by atoms with Crippen LogP contribution in [-0.2, 0) is 17.6 Å². The summed E-state index contributed by atoms with van der Waals surface area (Å²) in [6.45, 7) is 1.55. The minimum Gasteiger partial charge on any atom is -0.580 e. The molecule has 0 aliphatic carbocycles. The summed E-state index contributed by atoms with van der Waals surface area (Å²) in [5.41, 5.74) is 2.25. The van der Waals surface area contributed by atoms with Crippen molar-refractivity contribution in [2.45, 2.75) is 38.6 Å².